The maximum atomic E-state index is 13.0. The molecule has 0 aliphatic heterocycles. The molecular weight excluding hydrogens is 364 g/mol. The van der Waals surface area contributed by atoms with E-state index in [4.69, 9.17) is 14.2 Å². The Morgan fingerprint density at radius 1 is 0.786 bits per heavy atom. The Kier molecular flexibility index (Phi) is 6.65. The first-order chi connectivity index (χ1) is 13.2. The second kappa shape index (κ2) is 8.94. The molecule has 0 saturated carbocycles. The summed E-state index contributed by atoms with van der Waals surface area (Å²) in [5.41, 5.74) is 0.928. The van der Waals surface area contributed by atoms with E-state index in [0.717, 1.165) is 5.56 Å². The van der Waals surface area contributed by atoms with Gasteiger partial charge in [-0.2, -0.15) is 0 Å². The molecule has 0 aliphatic rings. The largest absolute Gasteiger partial charge is 0.426 e. The lowest BCUT2D eigenvalue weighted by molar-refractivity contribution is -0.132. The van der Waals surface area contributed by atoms with Crippen LogP contribution >= 0.6 is 0 Å². The molecule has 0 N–H and O–H groups in total. The number of hydrogen-bond donors (Lipinski definition) is 0. The molecule has 2 aromatic rings. The molecule has 0 spiro atoms. The van der Waals surface area contributed by atoms with Gasteiger partial charge in [-0.05, 0) is 12.5 Å². The third kappa shape index (κ3) is 5.26. The zero-order valence-corrected chi connectivity index (χ0v) is 16.0. The number of carbonyl (C=O) groups excluding carboxylic acids is 4. The van der Waals surface area contributed by atoms with Crippen LogP contribution in [0.15, 0.2) is 36.4 Å². The second-order valence-electron chi connectivity index (χ2n) is 6.07. The molecule has 0 fully saturated rings. The van der Waals surface area contributed by atoms with E-state index in [0.29, 0.717) is 0 Å². The summed E-state index contributed by atoms with van der Waals surface area (Å²) in [6.07, 6.45) is -0.00424. The van der Waals surface area contributed by atoms with E-state index >= 15 is 0 Å². The van der Waals surface area contributed by atoms with E-state index in [2.05, 4.69) is 0 Å². The topological polar surface area (TPSA) is 96.0 Å². The number of esters is 3. The third-order valence-corrected chi connectivity index (χ3v) is 3.69. The van der Waals surface area contributed by atoms with Crippen molar-refractivity contribution in [2.24, 2.45) is 0 Å². The van der Waals surface area contributed by atoms with E-state index in [9.17, 15) is 19.2 Å². The number of hydrogen-bond acceptors (Lipinski definition) is 7. The van der Waals surface area contributed by atoms with Gasteiger partial charge in [-0.1, -0.05) is 30.3 Å². The average Bonchev–Trinajstić information content (AvgIpc) is 2.58. The van der Waals surface area contributed by atoms with Gasteiger partial charge < -0.3 is 14.2 Å². The molecule has 0 aliphatic carbocycles. The van der Waals surface area contributed by atoms with Crippen LogP contribution in [0.2, 0.25) is 0 Å². The van der Waals surface area contributed by atoms with Gasteiger partial charge in [0.1, 0.15) is 17.1 Å². The fourth-order valence-electron chi connectivity index (χ4n) is 2.61. The van der Waals surface area contributed by atoms with E-state index in [1.165, 1.54) is 33.8 Å². The van der Waals surface area contributed by atoms with E-state index in [1.54, 1.807) is 24.3 Å². The van der Waals surface area contributed by atoms with Crippen molar-refractivity contribution in [3.05, 3.63) is 53.1 Å². The number of carbonyl (C=O) groups is 4. The van der Waals surface area contributed by atoms with Crippen LogP contribution in [0.1, 0.15) is 42.3 Å². The van der Waals surface area contributed by atoms with Crippen molar-refractivity contribution in [1.82, 2.24) is 0 Å². The molecule has 0 radical (unpaired) electrons. The van der Waals surface area contributed by atoms with Crippen LogP contribution in [0.4, 0.5) is 0 Å². The lowest BCUT2D eigenvalue weighted by atomic mass is 9.98. The molecular formula is C21H20O7. The van der Waals surface area contributed by atoms with Crippen molar-refractivity contribution in [3.8, 4) is 17.2 Å². The van der Waals surface area contributed by atoms with Crippen LogP contribution in [0, 0.1) is 6.92 Å². The molecule has 7 heteroatoms. The molecule has 0 atom stereocenters. The molecule has 0 unspecified atom stereocenters. The van der Waals surface area contributed by atoms with Crippen molar-refractivity contribution < 1.29 is 33.4 Å². The minimum Gasteiger partial charge on any atom is -0.426 e. The minimum atomic E-state index is -0.680. The Labute approximate surface area is 162 Å². The Balaban J connectivity index is 2.65. The van der Waals surface area contributed by atoms with Gasteiger partial charge in [0.25, 0.3) is 0 Å². The maximum Gasteiger partial charge on any atom is 0.308 e. The molecule has 146 valence electrons. The smallest absolute Gasteiger partial charge is 0.308 e. The summed E-state index contributed by atoms with van der Waals surface area (Å²) in [6.45, 7) is 5.08. The number of ether oxygens (including phenoxy) is 3. The molecule has 0 saturated heterocycles. The average molecular weight is 384 g/mol. The van der Waals surface area contributed by atoms with Gasteiger partial charge in [-0.15, -0.1) is 0 Å². The Morgan fingerprint density at radius 2 is 1.32 bits per heavy atom. The minimum absolute atomic E-state index is 0.00424. The number of Topliss-reactive ketones (excluding diaryl/α,β-unsaturated/α-hetero) is 1. The first kappa shape index (κ1) is 20.8. The molecule has 0 bridgehead atoms. The summed E-state index contributed by atoms with van der Waals surface area (Å²) in [7, 11) is 0. The highest BCUT2D eigenvalue weighted by Crippen LogP contribution is 2.40. The molecule has 28 heavy (non-hydrogen) atoms. The van der Waals surface area contributed by atoms with E-state index < -0.39 is 23.7 Å². The molecule has 0 amide bonds. The standard InChI is InChI=1S/C21H20O7/c1-12-18(26-13(2)22)11-19(27-14(3)23)20(21(12)28-15(4)24)17(25)10-16-8-6-5-7-9-16/h5-9,11H,10H2,1-4H3. The van der Waals surface area contributed by atoms with E-state index in [-0.39, 0.29) is 34.8 Å². The summed E-state index contributed by atoms with van der Waals surface area (Å²) in [6, 6.07) is 10.2. The summed E-state index contributed by atoms with van der Waals surface area (Å²) in [5, 5.41) is 0. The van der Waals surface area contributed by atoms with Crippen LogP contribution < -0.4 is 14.2 Å². The quantitative estimate of drug-likeness (QED) is 0.429. The first-order valence-electron chi connectivity index (χ1n) is 8.49. The molecule has 0 heterocycles. The Hall–Kier alpha value is -3.48. The monoisotopic (exact) mass is 384 g/mol. The number of benzene rings is 2. The third-order valence-electron chi connectivity index (χ3n) is 3.69. The van der Waals surface area contributed by atoms with Crippen LogP contribution in [0.3, 0.4) is 0 Å². The predicted octanol–water partition coefficient (Wildman–Crippen LogP) is 3.20. The highest BCUT2D eigenvalue weighted by atomic mass is 16.6. The molecule has 7 nitrogen and oxygen atoms in total. The zero-order chi connectivity index (χ0) is 20.8. The summed E-state index contributed by atoms with van der Waals surface area (Å²) in [4.78, 5) is 47.6. The van der Waals surface area contributed by atoms with Gasteiger partial charge in [0, 0.05) is 38.8 Å². The Bertz CT molecular complexity index is 930. The maximum absolute atomic E-state index is 13.0. The van der Waals surface area contributed by atoms with Crippen molar-refractivity contribution in [3.63, 3.8) is 0 Å². The van der Waals surface area contributed by atoms with Crippen LogP contribution in [0.5, 0.6) is 17.2 Å². The summed E-state index contributed by atoms with van der Waals surface area (Å²) >= 11 is 0. The summed E-state index contributed by atoms with van der Waals surface area (Å²) < 4.78 is 15.5. The van der Waals surface area contributed by atoms with Crippen molar-refractivity contribution in [1.29, 1.82) is 0 Å². The predicted molar refractivity (Wildman–Crippen MR) is 99.6 cm³/mol. The zero-order valence-electron chi connectivity index (χ0n) is 16.0. The van der Waals surface area contributed by atoms with Gasteiger partial charge in [-0.3, -0.25) is 19.2 Å². The van der Waals surface area contributed by atoms with E-state index in [1.807, 2.05) is 6.07 Å². The Morgan fingerprint density at radius 3 is 1.86 bits per heavy atom. The van der Waals surface area contributed by atoms with Crippen molar-refractivity contribution >= 4 is 23.7 Å². The molecule has 2 aromatic carbocycles. The lowest BCUT2D eigenvalue weighted by Gasteiger charge is -2.18. The fourth-order valence-corrected chi connectivity index (χ4v) is 2.61. The van der Waals surface area contributed by atoms with Crippen LogP contribution in [-0.4, -0.2) is 23.7 Å². The van der Waals surface area contributed by atoms with Crippen LogP contribution in [0.25, 0.3) is 0 Å². The normalized spacial score (nSPS) is 10.1. The number of ketones is 1. The second-order valence-corrected chi connectivity index (χ2v) is 6.07. The van der Waals surface area contributed by atoms with Crippen molar-refractivity contribution in [2.45, 2.75) is 34.1 Å². The van der Waals surface area contributed by atoms with Gasteiger partial charge in [0.2, 0.25) is 0 Å². The lowest BCUT2D eigenvalue weighted by Crippen LogP contribution is -2.16. The summed E-state index contributed by atoms with van der Waals surface area (Å²) in [5.74, 6) is -2.62. The highest BCUT2D eigenvalue weighted by Gasteiger charge is 2.27. The number of rotatable bonds is 6. The van der Waals surface area contributed by atoms with Crippen molar-refractivity contribution in [2.75, 3.05) is 0 Å². The fraction of sp³-hybridized carbons (Fsp3) is 0.238. The van der Waals surface area contributed by atoms with Crippen LogP contribution in [-0.2, 0) is 20.8 Å². The highest BCUT2D eigenvalue weighted by molar-refractivity contribution is 6.04. The first-order valence-corrected chi connectivity index (χ1v) is 8.49. The van der Waals surface area contributed by atoms with Gasteiger partial charge in [-0.25, -0.2) is 0 Å². The molecule has 2 rings (SSSR count). The van der Waals surface area contributed by atoms with Gasteiger partial charge >= 0.3 is 17.9 Å². The molecule has 0 aromatic heterocycles. The van der Waals surface area contributed by atoms with Gasteiger partial charge in [0.05, 0.1) is 0 Å². The van der Waals surface area contributed by atoms with Gasteiger partial charge in [0.15, 0.2) is 11.5 Å². The SMILES string of the molecule is CC(=O)Oc1cc(OC(C)=O)c(C(=O)Cc2ccccc2)c(OC(C)=O)c1C.